The van der Waals surface area contributed by atoms with Crippen LogP contribution in [-0.2, 0) is 0 Å². The number of hydrogen-bond acceptors (Lipinski definition) is 3. The van der Waals surface area contributed by atoms with Gasteiger partial charge in [-0.2, -0.15) is 0 Å². The van der Waals surface area contributed by atoms with Crippen LogP contribution in [0.2, 0.25) is 0 Å². The Balaban J connectivity index is 1.72. The Morgan fingerprint density at radius 3 is 2.75 bits per heavy atom. The molecular weight excluding hydrogens is 266 g/mol. The molecule has 1 saturated heterocycles. The van der Waals surface area contributed by atoms with Crippen molar-refractivity contribution in [3.8, 4) is 0 Å². The van der Waals surface area contributed by atoms with Gasteiger partial charge < -0.3 is 16.0 Å². The number of anilines is 1. The highest BCUT2D eigenvalue weighted by Crippen LogP contribution is 2.14. The number of piperazine rings is 1. The zero-order valence-corrected chi connectivity index (χ0v) is 11.1. The molecule has 110 valence electrons. The van der Waals surface area contributed by atoms with Gasteiger partial charge in [-0.05, 0) is 12.1 Å². The van der Waals surface area contributed by atoms with Crippen molar-refractivity contribution in [3.63, 3.8) is 0 Å². The smallest absolute Gasteiger partial charge is 0.319 e. The Morgan fingerprint density at radius 2 is 2.05 bits per heavy atom. The lowest BCUT2D eigenvalue weighted by Crippen LogP contribution is -2.46. The first-order valence-electron chi connectivity index (χ1n) is 6.58. The Kier molecular flexibility index (Phi) is 5.25. The second-order valence-corrected chi connectivity index (χ2v) is 4.60. The molecule has 0 saturated carbocycles. The summed E-state index contributed by atoms with van der Waals surface area (Å²) in [7, 11) is 0. The number of rotatable bonds is 4. The average molecular weight is 284 g/mol. The normalized spacial score (nSPS) is 15.9. The third-order valence-corrected chi connectivity index (χ3v) is 3.10. The molecule has 1 heterocycles. The summed E-state index contributed by atoms with van der Waals surface area (Å²) in [5.41, 5.74) is -0.0360. The van der Waals surface area contributed by atoms with E-state index in [0.29, 0.717) is 6.54 Å². The molecule has 0 radical (unpaired) electrons. The minimum atomic E-state index is -0.790. The predicted octanol–water partition coefficient (Wildman–Crippen LogP) is 0.992. The second-order valence-electron chi connectivity index (χ2n) is 4.60. The van der Waals surface area contributed by atoms with Gasteiger partial charge in [0.1, 0.15) is 11.6 Å². The molecule has 20 heavy (non-hydrogen) atoms. The molecule has 1 aromatic rings. The molecular formula is C13H18F2N4O. The zero-order valence-electron chi connectivity index (χ0n) is 11.1. The van der Waals surface area contributed by atoms with Crippen LogP contribution in [0.4, 0.5) is 19.3 Å². The summed E-state index contributed by atoms with van der Waals surface area (Å²) in [5, 5.41) is 8.24. The number of carbonyl (C=O) groups excluding carboxylic acids is 1. The Hall–Kier alpha value is -1.73. The summed E-state index contributed by atoms with van der Waals surface area (Å²) in [6.07, 6.45) is 0. The molecule has 2 rings (SSSR count). The quantitative estimate of drug-likeness (QED) is 0.773. The van der Waals surface area contributed by atoms with E-state index in [4.69, 9.17) is 0 Å². The molecule has 1 aromatic carbocycles. The van der Waals surface area contributed by atoms with Crippen molar-refractivity contribution in [3.05, 3.63) is 29.8 Å². The van der Waals surface area contributed by atoms with Gasteiger partial charge in [-0.3, -0.25) is 4.90 Å². The third-order valence-electron chi connectivity index (χ3n) is 3.10. The third kappa shape index (κ3) is 4.43. The molecule has 5 nitrogen and oxygen atoms in total. The lowest BCUT2D eigenvalue weighted by Gasteiger charge is -2.27. The summed E-state index contributed by atoms with van der Waals surface area (Å²) >= 11 is 0. The summed E-state index contributed by atoms with van der Waals surface area (Å²) in [6, 6.07) is 2.53. The van der Waals surface area contributed by atoms with E-state index in [-0.39, 0.29) is 5.69 Å². The number of carbonyl (C=O) groups is 1. The minimum Gasteiger partial charge on any atom is -0.337 e. The molecule has 1 fully saturated rings. The van der Waals surface area contributed by atoms with Crippen molar-refractivity contribution < 1.29 is 13.6 Å². The van der Waals surface area contributed by atoms with Crippen LogP contribution in [0.3, 0.4) is 0 Å². The lowest BCUT2D eigenvalue weighted by atomic mass is 10.3. The predicted molar refractivity (Wildman–Crippen MR) is 72.7 cm³/mol. The number of nitrogens with zero attached hydrogens (tertiary/aromatic N) is 1. The van der Waals surface area contributed by atoms with Crippen molar-refractivity contribution in [1.29, 1.82) is 0 Å². The van der Waals surface area contributed by atoms with Crippen LogP contribution in [-0.4, -0.2) is 50.2 Å². The number of hydrogen-bond donors (Lipinski definition) is 3. The van der Waals surface area contributed by atoms with Crippen LogP contribution in [0, 0.1) is 11.6 Å². The molecule has 2 amide bonds. The molecule has 1 aliphatic heterocycles. The van der Waals surface area contributed by atoms with Crippen LogP contribution in [0.25, 0.3) is 0 Å². The lowest BCUT2D eigenvalue weighted by molar-refractivity contribution is 0.233. The number of benzene rings is 1. The van der Waals surface area contributed by atoms with Gasteiger partial charge in [0.05, 0.1) is 5.69 Å². The first-order valence-corrected chi connectivity index (χ1v) is 6.58. The van der Waals surface area contributed by atoms with Crippen molar-refractivity contribution in [2.75, 3.05) is 44.6 Å². The minimum absolute atomic E-state index is 0.0360. The molecule has 7 heteroatoms. The largest absolute Gasteiger partial charge is 0.337 e. The van der Waals surface area contributed by atoms with Crippen LogP contribution < -0.4 is 16.0 Å². The number of nitrogens with one attached hydrogen (secondary N) is 3. The Bertz CT molecular complexity index is 464. The molecule has 1 aliphatic rings. The van der Waals surface area contributed by atoms with Crippen LogP contribution in [0.1, 0.15) is 0 Å². The van der Waals surface area contributed by atoms with E-state index < -0.39 is 17.7 Å². The number of amides is 2. The zero-order chi connectivity index (χ0) is 14.4. The van der Waals surface area contributed by atoms with Crippen molar-refractivity contribution >= 4 is 11.7 Å². The van der Waals surface area contributed by atoms with Crippen molar-refractivity contribution in [1.82, 2.24) is 15.5 Å². The average Bonchev–Trinajstić information content (AvgIpc) is 2.43. The molecule has 0 aliphatic carbocycles. The summed E-state index contributed by atoms with van der Waals surface area (Å²) in [4.78, 5) is 13.8. The van der Waals surface area contributed by atoms with E-state index in [9.17, 15) is 13.6 Å². The molecule has 0 aromatic heterocycles. The van der Waals surface area contributed by atoms with Gasteiger partial charge in [0.2, 0.25) is 0 Å². The van der Waals surface area contributed by atoms with Gasteiger partial charge in [-0.15, -0.1) is 0 Å². The topological polar surface area (TPSA) is 56.4 Å². The van der Waals surface area contributed by atoms with E-state index in [2.05, 4.69) is 20.9 Å². The highest BCUT2D eigenvalue weighted by molar-refractivity contribution is 5.89. The van der Waals surface area contributed by atoms with E-state index in [0.717, 1.165) is 44.9 Å². The van der Waals surface area contributed by atoms with Crippen LogP contribution in [0.15, 0.2) is 18.2 Å². The fourth-order valence-corrected chi connectivity index (χ4v) is 2.02. The Morgan fingerprint density at radius 1 is 1.30 bits per heavy atom. The monoisotopic (exact) mass is 284 g/mol. The molecule has 0 bridgehead atoms. The van der Waals surface area contributed by atoms with E-state index in [1.54, 1.807) is 0 Å². The summed E-state index contributed by atoms with van der Waals surface area (Å²) < 4.78 is 26.0. The van der Waals surface area contributed by atoms with Gasteiger partial charge in [0.25, 0.3) is 0 Å². The maximum Gasteiger partial charge on any atom is 0.319 e. The van der Waals surface area contributed by atoms with E-state index in [1.165, 1.54) is 6.07 Å². The Labute approximate surface area is 116 Å². The fourth-order valence-electron chi connectivity index (χ4n) is 2.02. The standard InChI is InChI=1S/C13H18F2N4O/c14-10-1-2-12(11(15)9-10)18-13(20)17-5-8-19-6-3-16-4-7-19/h1-2,9,16H,3-8H2,(H2,17,18,20). The maximum absolute atomic E-state index is 13.3. The van der Waals surface area contributed by atoms with Gasteiger partial charge in [-0.1, -0.05) is 0 Å². The van der Waals surface area contributed by atoms with Gasteiger partial charge >= 0.3 is 6.03 Å². The highest BCUT2D eigenvalue weighted by atomic mass is 19.1. The number of halogens is 2. The summed E-state index contributed by atoms with van der Waals surface area (Å²) in [6.45, 7) is 5.04. The molecule has 3 N–H and O–H groups in total. The van der Waals surface area contributed by atoms with Crippen LogP contribution >= 0.6 is 0 Å². The maximum atomic E-state index is 13.3. The van der Waals surface area contributed by atoms with Gasteiger partial charge in [0, 0.05) is 45.3 Å². The first-order chi connectivity index (χ1) is 9.65. The highest BCUT2D eigenvalue weighted by Gasteiger charge is 2.10. The number of urea groups is 1. The van der Waals surface area contributed by atoms with Crippen molar-refractivity contribution in [2.24, 2.45) is 0 Å². The van der Waals surface area contributed by atoms with Gasteiger partial charge in [-0.25, -0.2) is 13.6 Å². The van der Waals surface area contributed by atoms with Crippen molar-refractivity contribution in [2.45, 2.75) is 0 Å². The fraction of sp³-hybridized carbons (Fsp3) is 0.462. The van der Waals surface area contributed by atoms with Crippen LogP contribution in [0.5, 0.6) is 0 Å². The van der Waals surface area contributed by atoms with E-state index >= 15 is 0 Å². The SMILES string of the molecule is O=C(NCCN1CCNCC1)Nc1ccc(F)cc1F. The molecule has 0 unspecified atom stereocenters. The molecule has 0 spiro atoms. The second kappa shape index (κ2) is 7.16. The molecule has 0 atom stereocenters. The summed E-state index contributed by atoms with van der Waals surface area (Å²) in [5.74, 6) is -1.46. The van der Waals surface area contributed by atoms with E-state index in [1.807, 2.05) is 0 Å². The first kappa shape index (κ1) is 14.7. The van der Waals surface area contributed by atoms with Gasteiger partial charge in [0.15, 0.2) is 0 Å².